The van der Waals surface area contributed by atoms with E-state index >= 15 is 0 Å². The number of fused-ring (bicyclic) bond motifs is 2. The van der Waals surface area contributed by atoms with Crippen LogP contribution in [0.15, 0.2) is 132 Å². The summed E-state index contributed by atoms with van der Waals surface area (Å²) in [6, 6.07) is 39.5. The third kappa shape index (κ3) is 3.67. The average molecular weight is 476 g/mol. The molecule has 37 heavy (non-hydrogen) atoms. The number of hydrogen-bond acceptors (Lipinski definition) is 4. The van der Waals surface area contributed by atoms with E-state index in [1.807, 2.05) is 48.8 Å². The lowest BCUT2D eigenvalue weighted by Crippen LogP contribution is -1.91. The number of hydrogen-bond donors (Lipinski definition) is 0. The molecule has 0 aliphatic rings. The van der Waals surface area contributed by atoms with Gasteiger partial charge in [-0.1, -0.05) is 84.9 Å². The summed E-state index contributed by atoms with van der Waals surface area (Å²) in [6.07, 6.45) is 3.76. The highest BCUT2D eigenvalue weighted by Crippen LogP contribution is 2.43. The first-order chi connectivity index (χ1) is 18.4. The molecule has 4 heteroatoms. The van der Waals surface area contributed by atoms with Gasteiger partial charge in [-0.05, 0) is 68.6 Å². The Kier molecular flexibility index (Phi) is 5.07. The van der Waals surface area contributed by atoms with Crippen molar-refractivity contribution in [3.05, 3.63) is 128 Å². The lowest BCUT2D eigenvalue weighted by atomic mass is 9.86. The summed E-state index contributed by atoms with van der Waals surface area (Å²) >= 11 is 0. The van der Waals surface area contributed by atoms with Crippen molar-refractivity contribution in [1.82, 2.24) is 15.2 Å². The summed E-state index contributed by atoms with van der Waals surface area (Å²) in [5.74, 6) is 1.02. The zero-order chi connectivity index (χ0) is 24.6. The van der Waals surface area contributed by atoms with Crippen LogP contribution in [0.2, 0.25) is 0 Å². The molecule has 0 radical (unpaired) electrons. The largest absolute Gasteiger partial charge is 0.416 e. The van der Waals surface area contributed by atoms with Gasteiger partial charge in [0.25, 0.3) is 0 Å². The molecule has 4 nitrogen and oxygen atoms in total. The molecule has 0 aliphatic carbocycles. The van der Waals surface area contributed by atoms with Crippen LogP contribution in [0.5, 0.6) is 0 Å². The van der Waals surface area contributed by atoms with Gasteiger partial charge in [-0.15, -0.1) is 10.2 Å². The van der Waals surface area contributed by atoms with Crippen LogP contribution in [0.1, 0.15) is 0 Å². The molecule has 0 saturated heterocycles. The Balaban J connectivity index is 1.38. The van der Waals surface area contributed by atoms with E-state index in [0.717, 1.165) is 22.3 Å². The highest BCUT2D eigenvalue weighted by Gasteiger charge is 2.17. The molecule has 2 heterocycles. The third-order valence-electron chi connectivity index (χ3n) is 6.75. The minimum Gasteiger partial charge on any atom is -0.416 e. The fourth-order valence-corrected chi connectivity index (χ4v) is 5.08. The number of rotatable bonds is 4. The predicted octanol–water partition coefficient (Wildman–Crippen LogP) is 8.44. The van der Waals surface area contributed by atoms with Crippen molar-refractivity contribution in [3.8, 4) is 45.2 Å². The molecule has 0 atom stereocenters. The normalized spacial score (nSPS) is 11.2. The van der Waals surface area contributed by atoms with Crippen LogP contribution in [-0.2, 0) is 0 Å². The molecule has 0 bridgehead atoms. The molecule has 0 spiro atoms. The molecule has 2 aromatic heterocycles. The molecule has 5 aromatic carbocycles. The molecule has 0 aliphatic heterocycles. The second-order valence-corrected chi connectivity index (χ2v) is 8.94. The molecule has 0 unspecified atom stereocenters. The Morgan fingerprint density at radius 3 is 1.41 bits per heavy atom. The zero-order valence-electron chi connectivity index (χ0n) is 19.9. The number of pyridine rings is 1. The lowest BCUT2D eigenvalue weighted by Gasteiger charge is -2.17. The molecule has 0 N–H and O–H groups in total. The van der Waals surface area contributed by atoms with Gasteiger partial charge in [-0.3, -0.25) is 4.98 Å². The summed E-state index contributed by atoms with van der Waals surface area (Å²) in [7, 11) is 0. The highest BCUT2D eigenvalue weighted by atomic mass is 16.4. The van der Waals surface area contributed by atoms with Crippen molar-refractivity contribution in [2.24, 2.45) is 0 Å². The fraction of sp³-hybridized carbons (Fsp3) is 0. The maximum absolute atomic E-state index is 5.98. The van der Waals surface area contributed by atoms with E-state index in [4.69, 9.17) is 4.42 Å². The molecule has 7 rings (SSSR count). The Hall–Kier alpha value is -5.09. The molecule has 0 fully saturated rings. The SMILES string of the molecule is c1ccc(-c2nnc(-c3ccc(-c4c5ccccc5c(-c5cccnc5)c5ccccc45)cc3)o2)cc1. The molecular weight excluding hydrogens is 454 g/mol. The van der Waals surface area contributed by atoms with Crippen molar-refractivity contribution >= 4 is 21.5 Å². The second-order valence-electron chi connectivity index (χ2n) is 8.94. The maximum Gasteiger partial charge on any atom is 0.248 e. The van der Waals surface area contributed by atoms with Crippen molar-refractivity contribution in [2.75, 3.05) is 0 Å². The Labute approximate surface area is 213 Å². The standard InChI is InChI=1S/C33H21N3O/c1-2-9-23(10-3-1)32-35-36-33(37-32)24-18-16-22(17-19-24)30-26-12-4-6-14-28(26)31(25-11-8-20-34-21-25)29-15-7-5-13-27(29)30/h1-21H. The number of nitrogens with zero attached hydrogens (tertiary/aromatic N) is 3. The predicted molar refractivity (Wildman–Crippen MR) is 149 cm³/mol. The minimum atomic E-state index is 0.507. The van der Waals surface area contributed by atoms with Crippen LogP contribution < -0.4 is 0 Å². The van der Waals surface area contributed by atoms with Crippen LogP contribution >= 0.6 is 0 Å². The molecular formula is C33H21N3O. The van der Waals surface area contributed by atoms with Gasteiger partial charge in [-0.25, -0.2) is 0 Å². The summed E-state index contributed by atoms with van der Waals surface area (Å²) in [5.41, 5.74) is 6.46. The lowest BCUT2D eigenvalue weighted by molar-refractivity contribution is 0.584. The Morgan fingerprint density at radius 1 is 0.405 bits per heavy atom. The van der Waals surface area contributed by atoms with E-state index in [1.165, 1.54) is 32.7 Å². The molecule has 7 aromatic rings. The zero-order valence-corrected chi connectivity index (χ0v) is 19.9. The van der Waals surface area contributed by atoms with Gasteiger partial charge in [0.1, 0.15) is 0 Å². The van der Waals surface area contributed by atoms with Crippen molar-refractivity contribution in [3.63, 3.8) is 0 Å². The molecule has 0 amide bonds. The van der Waals surface area contributed by atoms with Crippen molar-refractivity contribution in [2.45, 2.75) is 0 Å². The smallest absolute Gasteiger partial charge is 0.248 e. The minimum absolute atomic E-state index is 0.507. The van der Waals surface area contributed by atoms with Gasteiger partial charge in [0.2, 0.25) is 11.8 Å². The van der Waals surface area contributed by atoms with Gasteiger partial charge in [0.15, 0.2) is 0 Å². The van der Waals surface area contributed by atoms with Gasteiger partial charge in [0.05, 0.1) is 0 Å². The van der Waals surface area contributed by atoms with Gasteiger partial charge in [0, 0.05) is 29.1 Å². The first-order valence-corrected chi connectivity index (χ1v) is 12.2. The van der Waals surface area contributed by atoms with Gasteiger partial charge >= 0.3 is 0 Å². The van der Waals surface area contributed by atoms with Crippen LogP contribution in [0.4, 0.5) is 0 Å². The highest BCUT2D eigenvalue weighted by molar-refractivity contribution is 6.21. The van der Waals surface area contributed by atoms with E-state index in [-0.39, 0.29) is 0 Å². The summed E-state index contributed by atoms with van der Waals surface area (Å²) < 4.78 is 5.98. The van der Waals surface area contributed by atoms with Crippen LogP contribution in [0.25, 0.3) is 66.7 Å². The third-order valence-corrected chi connectivity index (χ3v) is 6.75. The topological polar surface area (TPSA) is 51.8 Å². The summed E-state index contributed by atoms with van der Waals surface area (Å²) in [5, 5.41) is 13.4. The first kappa shape index (κ1) is 21.2. The van der Waals surface area contributed by atoms with Crippen LogP contribution in [0, 0.1) is 0 Å². The second kappa shape index (κ2) is 8.85. The summed E-state index contributed by atoms with van der Waals surface area (Å²) in [6.45, 7) is 0. The summed E-state index contributed by atoms with van der Waals surface area (Å²) in [4.78, 5) is 4.39. The van der Waals surface area contributed by atoms with Gasteiger partial charge < -0.3 is 4.42 Å². The van der Waals surface area contributed by atoms with Crippen molar-refractivity contribution in [1.29, 1.82) is 0 Å². The monoisotopic (exact) mass is 475 g/mol. The molecule has 0 saturated carbocycles. The van der Waals surface area contributed by atoms with E-state index in [9.17, 15) is 0 Å². The van der Waals surface area contributed by atoms with E-state index in [1.54, 1.807) is 0 Å². The maximum atomic E-state index is 5.98. The van der Waals surface area contributed by atoms with Gasteiger partial charge in [-0.2, -0.15) is 0 Å². The van der Waals surface area contributed by atoms with Crippen LogP contribution in [0.3, 0.4) is 0 Å². The van der Waals surface area contributed by atoms with Crippen LogP contribution in [-0.4, -0.2) is 15.2 Å². The van der Waals surface area contributed by atoms with E-state index in [2.05, 4.69) is 94.0 Å². The van der Waals surface area contributed by atoms with E-state index < -0.39 is 0 Å². The molecule has 174 valence electrons. The average Bonchev–Trinajstić information content (AvgIpc) is 3.47. The number of benzene rings is 5. The van der Waals surface area contributed by atoms with Crippen molar-refractivity contribution < 1.29 is 4.42 Å². The fourth-order valence-electron chi connectivity index (χ4n) is 5.08. The van der Waals surface area contributed by atoms with E-state index in [0.29, 0.717) is 11.8 Å². The quantitative estimate of drug-likeness (QED) is 0.240. The Morgan fingerprint density at radius 2 is 0.865 bits per heavy atom. The number of aromatic nitrogens is 3. The first-order valence-electron chi connectivity index (χ1n) is 12.2. The Bertz CT molecular complexity index is 1800.